The zero-order valence-electron chi connectivity index (χ0n) is 12.3. The lowest BCUT2D eigenvalue weighted by atomic mass is 10.1. The summed E-state index contributed by atoms with van der Waals surface area (Å²) in [4.78, 5) is 10.9. The van der Waals surface area contributed by atoms with Gasteiger partial charge in [-0.1, -0.05) is 39.5 Å². The van der Waals surface area contributed by atoms with Gasteiger partial charge in [-0.15, -0.1) is 0 Å². The molecule has 1 N–H and O–H groups in total. The van der Waals surface area contributed by atoms with Crippen molar-refractivity contribution in [3.63, 3.8) is 0 Å². The van der Waals surface area contributed by atoms with Crippen LogP contribution < -0.4 is 4.57 Å². The normalized spacial score (nSPS) is 10.8. The van der Waals surface area contributed by atoms with Crippen molar-refractivity contribution < 1.29 is 14.5 Å². The fourth-order valence-electron chi connectivity index (χ4n) is 2.41. The number of unbranched alkanes of at least 4 members (excludes halogenated alkanes) is 4. The van der Waals surface area contributed by atoms with Gasteiger partial charge in [0.1, 0.15) is 12.4 Å². The molecule has 0 aliphatic carbocycles. The van der Waals surface area contributed by atoms with Gasteiger partial charge in [0.15, 0.2) is 6.54 Å². The van der Waals surface area contributed by atoms with E-state index in [9.17, 15) is 4.79 Å². The monoisotopic (exact) mass is 267 g/mol. The largest absolute Gasteiger partial charge is 0.478 e. The van der Waals surface area contributed by atoms with Crippen molar-refractivity contribution in [3.8, 4) is 0 Å². The van der Waals surface area contributed by atoms with Crippen molar-refractivity contribution in [1.29, 1.82) is 0 Å². The lowest BCUT2D eigenvalue weighted by Crippen LogP contribution is -2.40. The summed E-state index contributed by atoms with van der Waals surface area (Å²) in [6.45, 7) is 5.40. The topological polar surface area (TPSA) is 46.1 Å². The Morgan fingerprint density at radius 2 is 1.95 bits per heavy atom. The maximum Gasteiger partial charge on any atom is 0.346 e. The molecule has 1 aromatic rings. The standard InChI is InChI=1S/C15H26N2O2/c1-3-5-6-7-8-9-14-16(10-4-2)11-12-17(14)13-15(18)19/h11-12H,3-10,13H2,1-2H3/p+1. The third-order valence-electron chi connectivity index (χ3n) is 3.36. The molecule has 0 spiro atoms. The van der Waals surface area contributed by atoms with E-state index in [1.807, 2.05) is 17.0 Å². The first-order valence-electron chi connectivity index (χ1n) is 7.48. The third-order valence-corrected chi connectivity index (χ3v) is 3.36. The molecular formula is C15H27N2O2+. The van der Waals surface area contributed by atoms with Crippen LogP contribution in [0.15, 0.2) is 12.4 Å². The lowest BCUT2D eigenvalue weighted by molar-refractivity contribution is -0.692. The van der Waals surface area contributed by atoms with Gasteiger partial charge >= 0.3 is 5.97 Å². The van der Waals surface area contributed by atoms with E-state index < -0.39 is 5.97 Å². The average Bonchev–Trinajstić information content (AvgIpc) is 2.72. The van der Waals surface area contributed by atoms with E-state index in [0.717, 1.165) is 31.6 Å². The molecule has 0 amide bonds. The summed E-state index contributed by atoms with van der Waals surface area (Å²) in [7, 11) is 0. The number of hydrogen-bond acceptors (Lipinski definition) is 1. The molecule has 1 aromatic heterocycles. The molecule has 1 heterocycles. The molecule has 0 aromatic carbocycles. The Bertz CT molecular complexity index is 385. The highest BCUT2D eigenvalue weighted by Crippen LogP contribution is 2.08. The second-order valence-corrected chi connectivity index (χ2v) is 5.09. The van der Waals surface area contributed by atoms with Gasteiger partial charge in [0.25, 0.3) is 5.82 Å². The van der Waals surface area contributed by atoms with Crippen molar-refractivity contribution >= 4 is 5.97 Å². The number of hydrogen-bond donors (Lipinski definition) is 1. The molecule has 0 radical (unpaired) electrons. The number of carboxylic acid groups (broad SMARTS) is 1. The molecule has 108 valence electrons. The lowest BCUT2D eigenvalue weighted by Gasteiger charge is -2.03. The van der Waals surface area contributed by atoms with Crippen LogP contribution in [0.5, 0.6) is 0 Å². The van der Waals surface area contributed by atoms with Gasteiger partial charge in [-0.25, -0.2) is 13.9 Å². The van der Waals surface area contributed by atoms with Gasteiger partial charge in [0.2, 0.25) is 0 Å². The SMILES string of the molecule is CCCCCCCc1n(CCC)cc[n+]1CC(=O)O. The van der Waals surface area contributed by atoms with E-state index in [1.165, 1.54) is 25.7 Å². The fourth-order valence-corrected chi connectivity index (χ4v) is 2.41. The maximum atomic E-state index is 10.9. The Morgan fingerprint density at radius 1 is 1.21 bits per heavy atom. The Hall–Kier alpha value is -1.32. The van der Waals surface area contributed by atoms with E-state index in [-0.39, 0.29) is 6.54 Å². The molecule has 0 saturated heterocycles. The van der Waals surface area contributed by atoms with Crippen LogP contribution in [-0.4, -0.2) is 15.6 Å². The highest BCUT2D eigenvalue weighted by Gasteiger charge is 2.18. The molecule has 0 unspecified atom stereocenters. The summed E-state index contributed by atoms with van der Waals surface area (Å²) < 4.78 is 4.07. The van der Waals surface area contributed by atoms with Crippen LogP contribution in [0.2, 0.25) is 0 Å². The molecule has 0 bridgehead atoms. The molecule has 1 rings (SSSR count). The second kappa shape index (κ2) is 8.73. The van der Waals surface area contributed by atoms with Crippen LogP contribution in [0, 0.1) is 0 Å². The van der Waals surface area contributed by atoms with Gasteiger partial charge in [0, 0.05) is 6.42 Å². The highest BCUT2D eigenvalue weighted by atomic mass is 16.4. The van der Waals surface area contributed by atoms with E-state index in [4.69, 9.17) is 5.11 Å². The minimum Gasteiger partial charge on any atom is -0.478 e. The van der Waals surface area contributed by atoms with Crippen molar-refractivity contribution in [2.45, 2.75) is 71.9 Å². The molecule has 0 atom stereocenters. The third kappa shape index (κ3) is 5.45. The summed E-state index contributed by atoms with van der Waals surface area (Å²) >= 11 is 0. The second-order valence-electron chi connectivity index (χ2n) is 5.09. The predicted octanol–water partition coefficient (Wildman–Crippen LogP) is 2.78. The number of nitrogens with zero attached hydrogens (tertiary/aromatic N) is 2. The smallest absolute Gasteiger partial charge is 0.346 e. The van der Waals surface area contributed by atoms with Crippen molar-refractivity contribution in [1.82, 2.24) is 4.57 Å². The molecule has 0 saturated carbocycles. The van der Waals surface area contributed by atoms with Crippen LogP contribution in [0.25, 0.3) is 0 Å². The van der Waals surface area contributed by atoms with Crippen LogP contribution in [0.4, 0.5) is 0 Å². The summed E-state index contributed by atoms with van der Waals surface area (Å²) in [6, 6.07) is 0. The van der Waals surface area contributed by atoms with Crippen LogP contribution in [0.3, 0.4) is 0 Å². The molecule has 0 fully saturated rings. The van der Waals surface area contributed by atoms with Crippen molar-refractivity contribution in [3.05, 3.63) is 18.2 Å². The average molecular weight is 267 g/mol. The number of aliphatic carboxylic acids is 1. The quantitative estimate of drug-likeness (QED) is 0.523. The Morgan fingerprint density at radius 3 is 2.58 bits per heavy atom. The van der Waals surface area contributed by atoms with Crippen molar-refractivity contribution in [2.24, 2.45) is 0 Å². The van der Waals surface area contributed by atoms with Crippen molar-refractivity contribution in [2.75, 3.05) is 0 Å². The number of rotatable bonds is 10. The number of aryl methyl sites for hydroxylation is 1. The van der Waals surface area contributed by atoms with Gasteiger partial charge in [0.05, 0.1) is 6.54 Å². The molecule has 4 nitrogen and oxygen atoms in total. The first-order chi connectivity index (χ1) is 9.19. The zero-order chi connectivity index (χ0) is 14.1. The molecule has 0 aliphatic heterocycles. The number of carbonyl (C=O) groups is 1. The van der Waals surface area contributed by atoms with E-state index in [0.29, 0.717) is 0 Å². The first kappa shape index (κ1) is 15.7. The van der Waals surface area contributed by atoms with Crippen LogP contribution >= 0.6 is 0 Å². The van der Waals surface area contributed by atoms with Gasteiger partial charge in [-0.3, -0.25) is 0 Å². The number of imidazole rings is 1. The summed E-state index contributed by atoms with van der Waals surface area (Å²) in [5.74, 6) is 0.382. The summed E-state index contributed by atoms with van der Waals surface area (Å²) in [5.41, 5.74) is 0. The predicted molar refractivity (Wildman–Crippen MR) is 75.0 cm³/mol. The van der Waals surface area contributed by atoms with Crippen LogP contribution in [-0.2, 0) is 24.3 Å². The Labute approximate surface area is 116 Å². The highest BCUT2D eigenvalue weighted by molar-refractivity contribution is 5.64. The first-order valence-corrected chi connectivity index (χ1v) is 7.48. The summed E-state index contributed by atoms with van der Waals surface area (Å²) in [6.07, 6.45) is 12.2. The zero-order valence-corrected chi connectivity index (χ0v) is 12.3. The maximum absolute atomic E-state index is 10.9. The summed E-state index contributed by atoms with van der Waals surface area (Å²) in [5, 5.41) is 8.94. The van der Waals surface area contributed by atoms with E-state index in [1.54, 1.807) is 0 Å². The van der Waals surface area contributed by atoms with Gasteiger partial charge in [-0.05, 0) is 12.8 Å². The number of aromatic nitrogens is 2. The van der Waals surface area contributed by atoms with E-state index in [2.05, 4.69) is 18.4 Å². The minimum absolute atomic E-state index is 0.0704. The van der Waals surface area contributed by atoms with Gasteiger partial charge < -0.3 is 5.11 Å². The Kier molecular flexibility index (Phi) is 7.23. The Balaban J connectivity index is 2.59. The fraction of sp³-hybridized carbons (Fsp3) is 0.733. The van der Waals surface area contributed by atoms with Gasteiger partial charge in [-0.2, -0.15) is 0 Å². The molecule has 0 aliphatic rings. The number of carboxylic acids is 1. The molecule has 19 heavy (non-hydrogen) atoms. The molecular weight excluding hydrogens is 240 g/mol. The molecule has 4 heteroatoms. The van der Waals surface area contributed by atoms with E-state index >= 15 is 0 Å². The minimum atomic E-state index is -0.772. The van der Waals surface area contributed by atoms with Crippen LogP contribution in [0.1, 0.15) is 58.2 Å².